The third-order valence-corrected chi connectivity index (χ3v) is 4.37. The molecule has 0 bridgehead atoms. The Balaban J connectivity index is 2.55. The van der Waals surface area contributed by atoms with E-state index >= 15 is 0 Å². The number of ether oxygens (including phenoxy) is 1. The van der Waals surface area contributed by atoms with Gasteiger partial charge in [-0.05, 0) is 42.8 Å². The summed E-state index contributed by atoms with van der Waals surface area (Å²) >= 11 is 0. The van der Waals surface area contributed by atoms with Crippen molar-refractivity contribution in [3.63, 3.8) is 0 Å². The Morgan fingerprint density at radius 2 is 1.81 bits per heavy atom. The number of Topliss-reactive ketones (excluding diaryl/α,β-unsaturated/α-hetero) is 1. The zero-order chi connectivity index (χ0) is 20.4. The zero-order valence-corrected chi connectivity index (χ0v) is 15.4. The zero-order valence-electron chi connectivity index (χ0n) is 15.4. The first-order valence-electron chi connectivity index (χ1n) is 9.11. The van der Waals surface area contributed by atoms with Crippen LogP contribution in [0, 0.1) is 0 Å². The Kier molecular flexibility index (Phi) is 9.83. The second-order valence-electron chi connectivity index (χ2n) is 6.68. The van der Waals surface area contributed by atoms with Gasteiger partial charge in [-0.3, -0.25) is 4.79 Å². The lowest BCUT2D eigenvalue weighted by Gasteiger charge is -2.17. The molecular weight excluding hydrogens is 362 g/mol. The van der Waals surface area contributed by atoms with E-state index in [1.54, 1.807) is 0 Å². The number of halogens is 3. The van der Waals surface area contributed by atoms with E-state index in [-0.39, 0.29) is 30.8 Å². The first-order chi connectivity index (χ1) is 12.6. The number of rotatable bonds is 12. The van der Waals surface area contributed by atoms with Crippen molar-refractivity contribution in [2.75, 3.05) is 0 Å². The molecule has 1 aromatic carbocycles. The molecule has 0 spiro atoms. The van der Waals surface area contributed by atoms with E-state index in [2.05, 4.69) is 11.7 Å². The maximum Gasteiger partial charge on any atom is 0.573 e. The van der Waals surface area contributed by atoms with Gasteiger partial charge in [-0.25, -0.2) is 0 Å². The van der Waals surface area contributed by atoms with Crippen LogP contribution in [-0.2, 0) is 11.2 Å². The van der Waals surface area contributed by atoms with E-state index < -0.39 is 25.3 Å². The molecular formula is C18H27BF3NO4. The van der Waals surface area contributed by atoms with Gasteiger partial charge in [0.2, 0.25) is 0 Å². The molecule has 152 valence electrons. The number of carbonyl (C=O) groups is 1. The van der Waals surface area contributed by atoms with E-state index in [9.17, 15) is 28.0 Å². The molecule has 0 fully saturated rings. The quantitative estimate of drug-likeness (QED) is 0.377. The van der Waals surface area contributed by atoms with Crippen LogP contribution in [0.4, 0.5) is 13.2 Å². The van der Waals surface area contributed by atoms with Gasteiger partial charge in [0.15, 0.2) is 0 Å². The lowest BCUT2D eigenvalue weighted by Crippen LogP contribution is -2.31. The van der Waals surface area contributed by atoms with Crippen molar-refractivity contribution in [1.29, 1.82) is 0 Å². The SMILES string of the molecule is CCCCC[C@H](N)C(=O)CC[C@@H](Cc1ccc(OC(F)(F)F)cc1)B(O)O. The summed E-state index contributed by atoms with van der Waals surface area (Å²) in [7, 11) is -1.64. The molecule has 0 aliphatic rings. The number of carbonyl (C=O) groups excluding carboxylic acids is 1. The van der Waals surface area contributed by atoms with Crippen molar-refractivity contribution in [2.45, 2.75) is 70.1 Å². The molecule has 9 heteroatoms. The smallest absolute Gasteiger partial charge is 0.427 e. The molecule has 0 saturated heterocycles. The van der Waals surface area contributed by atoms with Crippen LogP contribution in [0.5, 0.6) is 5.75 Å². The summed E-state index contributed by atoms with van der Waals surface area (Å²) in [6.07, 6.45) is -0.658. The van der Waals surface area contributed by atoms with Crippen LogP contribution in [0.2, 0.25) is 5.82 Å². The fourth-order valence-corrected chi connectivity index (χ4v) is 2.77. The lowest BCUT2D eigenvalue weighted by atomic mass is 9.67. The predicted octanol–water partition coefficient (Wildman–Crippen LogP) is 3.23. The van der Waals surface area contributed by atoms with Gasteiger partial charge >= 0.3 is 13.5 Å². The molecule has 0 heterocycles. The van der Waals surface area contributed by atoms with Gasteiger partial charge in [0.25, 0.3) is 0 Å². The molecule has 0 aliphatic heterocycles. The van der Waals surface area contributed by atoms with Crippen molar-refractivity contribution in [3.8, 4) is 5.75 Å². The molecule has 0 radical (unpaired) electrons. The number of hydrogen-bond acceptors (Lipinski definition) is 5. The standard InChI is InChI=1S/C18H27BF3NO4/c1-2-3-4-5-16(23)17(24)11-8-14(19(25)26)12-13-6-9-15(10-7-13)27-18(20,21)22/h6-7,9-10,14,16,25-26H,2-5,8,11-12,23H2,1H3/t14-,16-/m0/s1. The molecule has 0 saturated carbocycles. The Bertz CT molecular complexity index is 567. The monoisotopic (exact) mass is 389 g/mol. The summed E-state index contributed by atoms with van der Waals surface area (Å²) < 4.78 is 40.3. The highest BCUT2D eigenvalue weighted by atomic mass is 19.4. The summed E-state index contributed by atoms with van der Waals surface area (Å²) in [6.45, 7) is 2.06. The summed E-state index contributed by atoms with van der Waals surface area (Å²) in [5.41, 5.74) is 6.47. The number of alkyl halides is 3. The van der Waals surface area contributed by atoms with Crippen molar-refractivity contribution in [3.05, 3.63) is 29.8 Å². The van der Waals surface area contributed by atoms with E-state index in [1.807, 2.05) is 0 Å². The van der Waals surface area contributed by atoms with Gasteiger partial charge in [0, 0.05) is 6.42 Å². The number of unbranched alkanes of at least 4 members (excludes halogenated alkanes) is 2. The highest BCUT2D eigenvalue weighted by molar-refractivity contribution is 6.43. The first-order valence-corrected chi connectivity index (χ1v) is 9.11. The minimum atomic E-state index is -4.76. The van der Waals surface area contributed by atoms with E-state index in [0.29, 0.717) is 12.0 Å². The average molecular weight is 389 g/mol. The van der Waals surface area contributed by atoms with E-state index in [1.165, 1.54) is 24.3 Å². The van der Waals surface area contributed by atoms with Crippen molar-refractivity contribution < 1.29 is 32.8 Å². The van der Waals surface area contributed by atoms with Crippen molar-refractivity contribution >= 4 is 12.9 Å². The molecule has 0 aromatic heterocycles. The molecule has 1 rings (SSSR count). The number of nitrogens with two attached hydrogens (primary N) is 1. The fraction of sp³-hybridized carbons (Fsp3) is 0.611. The Morgan fingerprint density at radius 1 is 1.19 bits per heavy atom. The summed E-state index contributed by atoms with van der Waals surface area (Å²) in [5.74, 6) is -1.09. The third-order valence-electron chi connectivity index (χ3n) is 4.37. The third kappa shape index (κ3) is 9.79. The van der Waals surface area contributed by atoms with Crippen LogP contribution in [0.3, 0.4) is 0 Å². The maximum absolute atomic E-state index is 12.2. The summed E-state index contributed by atoms with van der Waals surface area (Å²) in [6, 6.07) is 4.63. The van der Waals surface area contributed by atoms with Crippen LogP contribution in [-0.4, -0.2) is 35.4 Å². The average Bonchev–Trinajstić information content (AvgIpc) is 2.58. The number of hydrogen-bond donors (Lipinski definition) is 3. The highest BCUT2D eigenvalue weighted by Gasteiger charge is 2.31. The van der Waals surface area contributed by atoms with Crippen molar-refractivity contribution in [2.24, 2.45) is 5.73 Å². The highest BCUT2D eigenvalue weighted by Crippen LogP contribution is 2.26. The first kappa shape index (κ1) is 23.5. The molecule has 4 N–H and O–H groups in total. The van der Waals surface area contributed by atoms with Crippen LogP contribution < -0.4 is 10.5 Å². The largest absolute Gasteiger partial charge is 0.573 e. The predicted molar refractivity (Wildman–Crippen MR) is 97.1 cm³/mol. The van der Waals surface area contributed by atoms with E-state index in [0.717, 1.165) is 19.3 Å². The van der Waals surface area contributed by atoms with Crippen LogP contribution >= 0.6 is 0 Å². The van der Waals surface area contributed by atoms with Crippen LogP contribution in [0.25, 0.3) is 0 Å². The molecule has 2 atom stereocenters. The van der Waals surface area contributed by atoms with Gasteiger partial charge in [-0.15, -0.1) is 13.2 Å². The summed E-state index contributed by atoms with van der Waals surface area (Å²) in [4.78, 5) is 12.1. The molecule has 5 nitrogen and oxygen atoms in total. The van der Waals surface area contributed by atoms with Gasteiger partial charge in [0.05, 0.1) is 6.04 Å². The normalized spacial score (nSPS) is 13.9. The maximum atomic E-state index is 12.2. The van der Waals surface area contributed by atoms with Crippen LogP contribution in [0.15, 0.2) is 24.3 Å². The second-order valence-corrected chi connectivity index (χ2v) is 6.68. The Labute approximate surface area is 157 Å². The topological polar surface area (TPSA) is 92.8 Å². The summed E-state index contributed by atoms with van der Waals surface area (Å²) in [5, 5.41) is 19.1. The Hall–Kier alpha value is -1.58. The molecule has 0 unspecified atom stereocenters. The fourth-order valence-electron chi connectivity index (χ4n) is 2.77. The molecule has 27 heavy (non-hydrogen) atoms. The van der Waals surface area contributed by atoms with Gasteiger partial charge in [0.1, 0.15) is 11.5 Å². The second kappa shape index (κ2) is 11.3. The minimum absolute atomic E-state index is 0.120. The van der Waals surface area contributed by atoms with Crippen molar-refractivity contribution in [1.82, 2.24) is 0 Å². The minimum Gasteiger partial charge on any atom is -0.427 e. The Morgan fingerprint density at radius 3 is 2.33 bits per heavy atom. The molecule has 1 aromatic rings. The van der Waals surface area contributed by atoms with Crippen LogP contribution in [0.1, 0.15) is 51.0 Å². The molecule has 0 aliphatic carbocycles. The molecule has 0 amide bonds. The lowest BCUT2D eigenvalue weighted by molar-refractivity contribution is -0.274. The van der Waals surface area contributed by atoms with Gasteiger partial charge < -0.3 is 20.5 Å². The van der Waals surface area contributed by atoms with Gasteiger partial charge in [-0.2, -0.15) is 0 Å². The van der Waals surface area contributed by atoms with Gasteiger partial charge in [-0.1, -0.05) is 38.3 Å². The van der Waals surface area contributed by atoms with E-state index in [4.69, 9.17) is 5.73 Å². The number of ketones is 1. The number of benzene rings is 1.